The van der Waals surface area contributed by atoms with Crippen LogP contribution in [0.1, 0.15) is 53.1 Å². The second-order valence-electron chi connectivity index (χ2n) is 7.70. The second-order valence-corrected chi connectivity index (χ2v) is 8.69. The molecule has 0 bridgehead atoms. The molecule has 0 unspecified atom stereocenters. The Morgan fingerprint density at radius 1 is 1.06 bits per heavy atom. The molecule has 2 aromatic heterocycles. The van der Waals surface area contributed by atoms with Crippen LogP contribution < -0.4 is 0 Å². The molecule has 0 fully saturated rings. The summed E-state index contributed by atoms with van der Waals surface area (Å²) in [4.78, 5) is 20.1. The van der Waals surface area contributed by atoms with Gasteiger partial charge in [-0.05, 0) is 35.6 Å². The third-order valence-corrected chi connectivity index (χ3v) is 5.81. The van der Waals surface area contributed by atoms with E-state index in [4.69, 9.17) is 0 Å². The van der Waals surface area contributed by atoms with Gasteiger partial charge in [-0.1, -0.05) is 38.1 Å². The van der Waals surface area contributed by atoms with Crippen molar-refractivity contribution in [1.29, 1.82) is 0 Å². The lowest BCUT2D eigenvalue weighted by atomic mass is 9.91. The maximum Gasteiger partial charge on any atom is 0.433 e. The van der Waals surface area contributed by atoms with Gasteiger partial charge < -0.3 is 4.74 Å². The number of rotatable bonds is 7. The predicted molar refractivity (Wildman–Crippen MR) is 115 cm³/mol. The molecular formula is C23H21F5N2O2S. The monoisotopic (exact) mass is 484 g/mol. The zero-order chi connectivity index (χ0) is 24.3. The highest BCUT2D eigenvalue weighted by Gasteiger charge is 2.40. The van der Waals surface area contributed by atoms with Gasteiger partial charge in [-0.15, -0.1) is 11.8 Å². The molecule has 0 amide bonds. The number of methoxy groups -OCH3 is 1. The molecule has 0 spiro atoms. The van der Waals surface area contributed by atoms with Gasteiger partial charge in [0.05, 0.1) is 23.2 Å². The van der Waals surface area contributed by atoms with Gasteiger partial charge in [0.15, 0.2) is 0 Å². The van der Waals surface area contributed by atoms with Crippen molar-refractivity contribution in [1.82, 2.24) is 9.97 Å². The Balaban J connectivity index is 2.17. The molecule has 33 heavy (non-hydrogen) atoms. The highest BCUT2D eigenvalue weighted by atomic mass is 32.2. The van der Waals surface area contributed by atoms with E-state index in [0.717, 1.165) is 24.3 Å². The van der Waals surface area contributed by atoms with Crippen molar-refractivity contribution < 1.29 is 31.5 Å². The van der Waals surface area contributed by atoms with Crippen LogP contribution in [0.3, 0.4) is 0 Å². The number of hydrogen-bond donors (Lipinski definition) is 0. The fraction of sp³-hybridized carbons (Fsp3) is 0.348. The van der Waals surface area contributed by atoms with Crippen LogP contribution in [-0.2, 0) is 23.1 Å². The zero-order valence-corrected chi connectivity index (χ0v) is 18.9. The van der Waals surface area contributed by atoms with Crippen molar-refractivity contribution in [3.8, 4) is 0 Å². The molecule has 1 aromatic carbocycles. The number of pyridine rings is 2. The second kappa shape index (κ2) is 10.0. The summed E-state index contributed by atoms with van der Waals surface area (Å²) >= 11 is 1.01. The minimum absolute atomic E-state index is 0.0310. The standard InChI is InChI=1S/C23H21F5N2O2S/c1-12(2)10-14-15(11-33-17-9-8-13-6-4-5-7-16(13)29-17)20(23(26,27)28)30-19(21(24)25)18(14)22(31)32-3/h4-9,12,21H,10-11H2,1-3H3. The van der Waals surface area contributed by atoms with Crippen LogP contribution in [0.2, 0.25) is 0 Å². The van der Waals surface area contributed by atoms with Crippen LogP contribution in [0.5, 0.6) is 0 Å². The van der Waals surface area contributed by atoms with Gasteiger partial charge in [-0.2, -0.15) is 13.2 Å². The van der Waals surface area contributed by atoms with Crippen molar-refractivity contribution in [2.24, 2.45) is 5.92 Å². The van der Waals surface area contributed by atoms with Gasteiger partial charge in [-0.3, -0.25) is 0 Å². The van der Waals surface area contributed by atoms with Gasteiger partial charge in [0, 0.05) is 11.1 Å². The van der Waals surface area contributed by atoms with E-state index in [1.165, 1.54) is 0 Å². The molecule has 0 saturated carbocycles. The van der Waals surface area contributed by atoms with Gasteiger partial charge in [0.1, 0.15) is 11.4 Å². The number of carbonyl (C=O) groups excluding carboxylic acids is 1. The van der Waals surface area contributed by atoms with E-state index in [-0.39, 0.29) is 29.2 Å². The zero-order valence-electron chi connectivity index (χ0n) is 18.0. The number of alkyl halides is 5. The number of carbonyl (C=O) groups is 1. The van der Waals surface area contributed by atoms with E-state index in [9.17, 15) is 26.7 Å². The topological polar surface area (TPSA) is 52.1 Å². The number of nitrogens with zero attached hydrogens (tertiary/aromatic N) is 2. The van der Waals surface area contributed by atoms with Crippen molar-refractivity contribution in [2.45, 2.75) is 43.6 Å². The summed E-state index contributed by atoms with van der Waals surface area (Å²) < 4.78 is 73.7. The SMILES string of the molecule is COC(=O)c1c(C(F)F)nc(C(F)(F)F)c(CSc2ccc3ccccc3n2)c1CC(C)C. The fourth-order valence-corrected chi connectivity index (χ4v) is 4.41. The van der Waals surface area contributed by atoms with Crippen LogP contribution >= 0.6 is 11.8 Å². The summed E-state index contributed by atoms with van der Waals surface area (Å²) in [5.41, 5.74) is -3.01. The average molecular weight is 484 g/mol. The number of hydrogen-bond acceptors (Lipinski definition) is 5. The Morgan fingerprint density at radius 2 is 1.76 bits per heavy atom. The van der Waals surface area contributed by atoms with Crippen LogP contribution in [0.25, 0.3) is 10.9 Å². The largest absolute Gasteiger partial charge is 0.465 e. The number of benzene rings is 1. The molecule has 2 heterocycles. The molecule has 0 saturated heterocycles. The summed E-state index contributed by atoms with van der Waals surface area (Å²) in [5, 5.41) is 1.32. The Kier molecular flexibility index (Phi) is 7.56. The van der Waals surface area contributed by atoms with E-state index in [1.54, 1.807) is 38.1 Å². The van der Waals surface area contributed by atoms with Crippen molar-refractivity contribution in [2.75, 3.05) is 7.11 Å². The van der Waals surface area contributed by atoms with Gasteiger partial charge in [-0.25, -0.2) is 23.5 Å². The fourth-order valence-electron chi connectivity index (χ4n) is 3.48. The first-order valence-electron chi connectivity index (χ1n) is 10.0. The third-order valence-electron chi connectivity index (χ3n) is 4.85. The summed E-state index contributed by atoms with van der Waals surface area (Å²) in [6.07, 6.45) is -8.40. The summed E-state index contributed by atoms with van der Waals surface area (Å²) in [6.45, 7) is 3.44. The molecule has 176 valence electrons. The first kappa shape index (κ1) is 24.9. The number of ether oxygens (including phenoxy) is 1. The molecule has 0 aliphatic rings. The quantitative estimate of drug-likeness (QED) is 0.208. The van der Waals surface area contributed by atoms with Crippen LogP contribution in [-0.4, -0.2) is 23.0 Å². The maximum atomic E-state index is 13.9. The summed E-state index contributed by atoms with van der Waals surface area (Å²) in [5.74, 6) is -1.62. The highest BCUT2D eigenvalue weighted by molar-refractivity contribution is 7.98. The van der Waals surface area contributed by atoms with Crippen LogP contribution in [0.4, 0.5) is 22.0 Å². The lowest BCUT2D eigenvalue weighted by Gasteiger charge is -2.22. The molecular weight excluding hydrogens is 463 g/mol. The van der Waals surface area contributed by atoms with E-state index in [2.05, 4.69) is 14.7 Å². The van der Waals surface area contributed by atoms with E-state index in [0.29, 0.717) is 10.5 Å². The Labute approximate surface area is 191 Å². The smallest absolute Gasteiger partial charge is 0.433 e. The molecule has 0 radical (unpaired) electrons. The number of fused-ring (bicyclic) bond motifs is 1. The van der Waals surface area contributed by atoms with Crippen molar-refractivity contribution in [3.05, 3.63) is 64.5 Å². The number of halogens is 5. The van der Waals surface area contributed by atoms with Gasteiger partial charge >= 0.3 is 12.1 Å². The molecule has 0 aliphatic heterocycles. The first-order valence-corrected chi connectivity index (χ1v) is 11.0. The van der Waals surface area contributed by atoms with E-state index in [1.807, 2.05) is 12.1 Å². The molecule has 3 rings (SSSR count). The maximum absolute atomic E-state index is 13.9. The minimum Gasteiger partial charge on any atom is -0.465 e. The van der Waals surface area contributed by atoms with Gasteiger partial charge in [0.2, 0.25) is 0 Å². The molecule has 0 aliphatic carbocycles. The highest BCUT2D eigenvalue weighted by Crippen LogP contribution is 2.40. The minimum atomic E-state index is -4.99. The van der Waals surface area contributed by atoms with Crippen molar-refractivity contribution in [3.63, 3.8) is 0 Å². The lowest BCUT2D eigenvalue weighted by Crippen LogP contribution is -2.22. The first-order chi connectivity index (χ1) is 15.5. The Hall–Kier alpha value is -2.75. The molecule has 4 nitrogen and oxygen atoms in total. The van der Waals surface area contributed by atoms with E-state index < -0.39 is 35.5 Å². The molecule has 3 aromatic rings. The lowest BCUT2D eigenvalue weighted by molar-refractivity contribution is -0.142. The average Bonchev–Trinajstić information content (AvgIpc) is 2.75. The predicted octanol–water partition coefficient (Wildman–Crippen LogP) is 6.86. The summed E-state index contributed by atoms with van der Waals surface area (Å²) in [6, 6.07) is 10.7. The number of esters is 1. The Morgan fingerprint density at radius 3 is 2.36 bits per heavy atom. The molecule has 0 atom stereocenters. The number of para-hydroxylation sites is 1. The molecule has 0 N–H and O–H groups in total. The van der Waals surface area contributed by atoms with Crippen LogP contribution in [0.15, 0.2) is 41.4 Å². The van der Waals surface area contributed by atoms with Crippen molar-refractivity contribution >= 4 is 28.6 Å². The normalized spacial score (nSPS) is 12.1. The van der Waals surface area contributed by atoms with Crippen LogP contribution in [0, 0.1) is 5.92 Å². The Bertz CT molecular complexity index is 1170. The van der Waals surface area contributed by atoms with E-state index >= 15 is 0 Å². The number of aromatic nitrogens is 2. The third kappa shape index (κ3) is 5.61. The van der Waals surface area contributed by atoms with Gasteiger partial charge in [0.25, 0.3) is 6.43 Å². The number of thioether (sulfide) groups is 1. The molecule has 10 heteroatoms. The summed E-state index contributed by atoms with van der Waals surface area (Å²) in [7, 11) is 0.988.